The summed E-state index contributed by atoms with van der Waals surface area (Å²) in [7, 11) is 0. The second-order valence-electron chi connectivity index (χ2n) is 9.28. The van der Waals surface area contributed by atoms with Crippen molar-refractivity contribution in [2.75, 3.05) is 32.8 Å². The van der Waals surface area contributed by atoms with Crippen molar-refractivity contribution in [1.82, 2.24) is 19.8 Å². The lowest BCUT2D eigenvalue weighted by Crippen LogP contribution is -2.51. The van der Waals surface area contributed by atoms with Crippen LogP contribution in [0.3, 0.4) is 0 Å². The molecular weight excluding hydrogens is 446 g/mol. The molecule has 1 saturated heterocycles. The number of piperazine rings is 1. The van der Waals surface area contributed by atoms with E-state index >= 15 is 0 Å². The van der Waals surface area contributed by atoms with Gasteiger partial charge in [0, 0.05) is 50.3 Å². The Morgan fingerprint density at radius 1 is 0.886 bits per heavy atom. The van der Waals surface area contributed by atoms with E-state index in [1.807, 2.05) is 0 Å². The number of carbonyl (C=O) groups is 3. The highest BCUT2D eigenvalue weighted by molar-refractivity contribution is 5.94. The molecule has 1 saturated carbocycles. The van der Waals surface area contributed by atoms with Crippen molar-refractivity contribution in [1.29, 1.82) is 0 Å². The van der Waals surface area contributed by atoms with Crippen LogP contribution >= 0.6 is 0 Å². The van der Waals surface area contributed by atoms with Gasteiger partial charge < -0.3 is 20.3 Å². The van der Waals surface area contributed by atoms with Crippen LogP contribution in [0.1, 0.15) is 64.9 Å². The van der Waals surface area contributed by atoms with E-state index in [9.17, 15) is 14.4 Å². The number of pyridine rings is 2. The lowest BCUT2D eigenvalue weighted by molar-refractivity contribution is -0.132. The summed E-state index contributed by atoms with van der Waals surface area (Å²) in [5.41, 5.74) is 6.62. The monoisotopic (exact) mass is 479 g/mol. The van der Waals surface area contributed by atoms with E-state index < -0.39 is 5.91 Å². The Morgan fingerprint density at radius 3 is 2.20 bits per heavy atom. The zero-order valence-electron chi connectivity index (χ0n) is 20.0. The number of hydrogen-bond acceptors (Lipinski definition) is 6. The minimum atomic E-state index is -0.553. The number of aromatic nitrogens is 2. The molecule has 0 radical (unpaired) electrons. The van der Waals surface area contributed by atoms with Gasteiger partial charge in [-0.05, 0) is 30.5 Å². The predicted molar refractivity (Wildman–Crippen MR) is 130 cm³/mol. The molecule has 9 heteroatoms. The fraction of sp³-hybridized carbons (Fsp3) is 0.500. The lowest BCUT2D eigenvalue weighted by Gasteiger charge is -2.34. The van der Waals surface area contributed by atoms with E-state index in [2.05, 4.69) is 9.97 Å². The van der Waals surface area contributed by atoms with Gasteiger partial charge in [-0.2, -0.15) is 0 Å². The van der Waals surface area contributed by atoms with E-state index in [0.29, 0.717) is 55.5 Å². The average molecular weight is 480 g/mol. The fourth-order valence-corrected chi connectivity index (χ4v) is 4.68. The van der Waals surface area contributed by atoms with E-state index in [1.54, 1.807) is 40.3 Å². The number of nitrogens with zero attached hydrogens (tertiary/aromatic N) is 4. The molecule has 186 valence electrons. The molecule has 9 nitrogen and oxygen atoms in total. The lowest BCUT2D eigenvalue weighted by atomic mass is 9.87. The number of ether oxygens (including phenoxy) is 1. The molecule has 2 aromatic heterocycles. The Morgan fingerprint density at radius 2 is 1.57 bits per heavy atom. The van der Waals surface area contributed by atoms with Gasteiger partial charge >= 0.3 is 0 Å². The van der Waals surface area contributed by atoms with Crippen LogP contribution in [-0.2, 0) is 11.2 Å². The number of amides is 3. The van der Waals surface area contributed by atoms with E-state index in [0.717, 1.165) is 12.3 Å². The molecule has 2 aliphatic rings. The molecule has 35 heavy (non-hydrogen) atoms. The van der Waals surface area contributed by atoms with Crippen LogP contribution < -0.4 is 10.5 Å². The molecule has 3 amide bonds. The third-order valence-electron chi connectivity index (χ3n) is 6.85. The smallest absolute Gasteiger partial charge is 0.255 e. The molecule has 4 rings (SSSR count). The molecule has 2 N–H and O–H groups in total. The first-order valence-electron chi connectivity index (χ1n) is 12.4. The number of rotatable bonds is 8. The Labute approximate surface area is 205 Å². The van der Waals surface area contributed by atoms with Crippen LogP contribution in [-0.4, -0.2) is 70.3 Å². The largest absolute Gasteiger partial charge is 0.478 e. The van der Waals surface area contributed by atoms with Crippen molar-refractivity contribution >= 4 is 17.7 Å². The molecule has 2 aromatic rings. The van der Waals surface area contributed by atoms with Gasteiger partial charge in [0.1, 0.15) is 0 Å². The Kier molecular flexibility index (Phi) is 8.28. The molecule has 0 bridgehead atoms. The summed E-state index contributed by atoms with van der Waals surface area (Å²) in [4.78, 5) is 48.6. The second-order valence-corrected chi connectivity index (χ2v) is 9.28. The maximum Gasteiger partial charge on any atom is 0.255 e. The van der Waals surface area contributed by atoms with Gasteiger partial charge in [0.25, 0.3) is 5.91 Å². The van der Waals surface area contributed by atoms with Crippen molar-refractivity contribution in [3.05, 3.63) is 53.5 Å². The summed E-state index contributed by atoms with van der Waals surface area (Å²) in [5, 5.41) is 0. The van der Waals surface area contributed by atoms with Gasteiger partial charge in [-0.1, -0.05) is 32.1 Å². The SMILES string of the molecule is NC(=O)c1ccc(CC(=O)N2CCN(C(=O)c3ccc(OCCC4CCCCC4)nc3)CC2)nc1. The van der Waals surface area contributed by atoms with Crippen LogP contribution in [0.5, 0.6) is 5.88 Å². The topological polar surface area (TPSA) is 119 Å². The molecule has 1 aliphatic carbocycles. The van der Waals surface area contributed by atoms with E-state index in [-0.39, 0.29) is 18.2 Å². The molecule has 0 atom stereocenters. The highest BCUT2D eigenvalue weighted by Gasteiger charge is 2.25. The summed E-state index contributed by atoms with van der Waals surface area (Å²) in [6.07, 6.45) is 10.7. The average Bonchev–Trinajstić information content (AvgIpc) is 2.90. The first-order chi connectivity index (χ1) is 17.0. The van der Waals surface area contributed by atoms with Crippen LogP contribution in [0.15, 0.2) is 36.7 Å². The summed E-state index contributed by atoms with van der Waals surface area (Å²) in [6, 6.07) is 6.71. The number of hydrogen-bond donors (Lipinski definition) is 1. The molecule has 2 fully saturated rings. The predicted octanol–water partition coefficient (Wildman–Crippen LogP) is 2.45. The molecule has 0 aromatic carbocycles. The number of carbonyl (C=O) groups excluding carboxylic acids is 3. The highest BCUT2D eigenvalue weighted by atomic mass is 16.5. The third kappa shape index (κ3) is 6.77. The van der Waals surface area contributed by atoms with Crippen molar-refractivity contribution in [3.8, 4) is 5.88 Å². The van der Waals surface area contributed by atoms with Crippen molar-refractivity contribution in [3.63, 3.8) is 0 Å². The number of nitrogens with two attached hydrogens (primary N) is 1. The zero-order chi connectivity index (χ0) is 24.6. The quantitative estimate of drug-likeness (QED) is 0.621. The van der Waals surface area contributed by atoms with Crippen LogP contribution in [0, 0.1) is 5.92 Å². The van der Waals surface area contributed by atoms with Gasteiger partial charge in [-0.15, -0.1) is 0 Å². The Bertz CT molecular complexity index is 1010. The minimum absolute atomic E-state index is 0.0622. The van der Waals surface area contributed by atoms with Crippen LogP contribution in [0.4, 0.5) is 0 Å². The Hall–Kier alpha value is -3.49. The molecule has 0 unspecified atom stereocenters. The van der Waals surface area contributed by atoms with Crippen LogP contribution in [0.2, 0.25) is 0 Å². The molecule has 3 heterocycles. The first-order valence-corrected chi connectivity index (χ1v) is 12.4. The number of primary amides is 1. The van der Waals surface area contributed by atoms with E-state index in [4.69, 9.17) is 10.5 Å². The van der Waals surface area contributed by atoms with E-state index in [1.165, 1.54) is 38.3 Å². The summed E-state index contributed by atoms with van der Waals surface area (Å²) >= 11 is 0. The standard InChI is InChI=1S/C26H33N5O4/c27-25(33)20-6-8-22(28-17-20)16-24(32)30-11-13-31(14-12-30)26(34)21-7-9-23(29-18-21)35-15-10-19-4-2-1-3-5-19/h6-9,17-19H,1-5,10-16H2,(H2,27,33). The van der Waals surface area contributed by atoms with Gasteiger partial charge in [0.05, 0.1) is 24.2 Å². The van der Waals surface area contributed by atoms with Crippen molar-refractivity contribution in [2.45, 2.75) is 44.9 Å². The summed E-state index contributed by atoms with van der Waals surface area (Å²) < 4.78 is 5.79. The van der Waals surface area contributed by atoms with Crippen LogP contribution in [0.25, 0.3) is 0 Å². The zero-order valence-corrected chi connectivity index (χ0v) is 20.0. The second kappa shape index (κ2) is 11.8. The minimum Gasteiger partial charge on any atom is -0.478 e. The summed E-state index contributed by atoms with van der Waals surface area (Å²) in [5.74, 6) is 0.595. The maximum atomic E-state index is 12.9. The first kappa shape index (κ1) is 24.6. The van der Waals surface area contributed by atoms with Gasteiger partial charge in [-0.25, -0.2) is 4.98 Å². The molecular formula is C26H33N5O4. The fourth-order valence-electron chi connectivity index (χ4n) is 4.68. The Balaban J connectivity index is 1.21. The van der Waals surface area contributed by atoms with Gasteiger partial charge in [0.15, 0.2) is 0 Å². The highest BCUT2D eigenvalue weighted by Crippen LogP contribution is 2.26. The van der Waals surface area contributed by atoms with Crippen molar-refractivity contribution in [2.24, 2.45) is 11.7 Å². The third-order valence-corrected chi connectivity index (χ3v) is 6.85. The van der Waals surface area contributed by atoms with Gasteiger partial charge in [0.2, 0.25) is 17.7 Å². The van der Waals surface area contributed by atoms with Gasteiger partial charge in [-0.3, -0.25) is 19.4 Å². The molecule has 0 spiro atoms. The maximum absolute atomic E-state index is 12.9. The molecule has 1 aliphatic heterocycles. The normalized spacial score (nSPS) is 16.7. The summed E-state index contributed by atoms with van der Waals surface area (Å²) in [6.45, 7) is 2.49. The van der Waals surface area contributed by atoms with Crippen molar-refractivity contribution < 1.29 is 19.1 Å².